The van der Waals surface area contributed by atoms with E-state index in [2.05, 4.69) is 10.6 Å². The third-order valence-electron chi connectivity index (χ3n) is 3.48. The molecule has 0 spiro atoms. The fraction of sp³-hybridized carbons (Fsp3) is 0.556. The molecule has 0 saturated heterocycles. The molecule has 0 unspecified atom stereocenters. The molecule has 4 N–H and O–H groups in total. The van der Waals surface area contributed by atoms with Gasteiger partial charge < -0.3 is 16.4 Å². The van der Waals surface area contributed by atoms with Crippen LogP contribution in [0.2, 0.25) is 0 Å². The molecule has 0 aliphatic carbocycles. The van der Waals surface area contributed by atoms with Gasteiger partial charge in [0.1, 0.15) is 0 Å². The first kappa shape index (κ1) is 19.2. The van der Waals surface area contributed by atoms with E-state index in [1.165, 1.54) is 0 Å². The number of hydrogen-bond acceptors (Lipinski definition) is 3. The summed E-state index contributed by atoms with van der Waals surface area (Å²) in [4.78, 5) is 24.1. The molecule has 0 bridgehead atoms. The van der Waals surface area contributed by atoms with Crippen molar-refractivity contribution < 1.29 is 9.59 Å². The summed E-state index contributed by atoms with van der Waals surface area (Å²) >= 11 is 0. The number of benzene rings is 1. The summed E-state index contributed by atoms with van der Waals surface area (Å²) < 4.78 is 0. The molecule has 1 atom stereocenters. The van der Waals surface area contributed by atoms with Crippen LogP contribution in [0.5, 0.6) is 0 Å². The Morgan fingerprint density at radius 3 is 2.30 bits per heavy atom. The number of anilines is 1. The average molecular weight is 319 g/mol. The molecule has 0 radical (unpaired) electrons. The van der Waals surface area contributed by atoms with Gasteiger partial charge in [0.25, 0.3) is 5.91 Å². The SMILES string of the molecule is Cc1cc(C(=O)NCC(C)C)ccc1NC(=O)[C@@H](N)CC(C)C. The highest BCUT2D eigenvalue weighted by Crippen LogP contribution is 2.17. The van der Waals surface area contributed by atoms with E-state index in [9.17, 15) is 9.59 Å². The van der Waals surface area contributed by atoms with Gasteiger partial charge in [0.2, 0.25) is 5.91 Å². The summed E-state index contributed by atoms with van der Waals surface area (Å²) in [6.07, 6.45) is 0.639. The second-order valence-corrected chi connectivity index (χ2v) is 6.86. The van der Waals surface area contributed by atoms with Crippen molar-refractivity contribution in [1.29, 1.82) is 0 Å². The minimum atomic E-state index is -0.525. The standard InChI is InChI=1S/C18H29N3O2/c1-11(2)8-15(19)18(23)21-16-7-6-14(9-13(16)5)17(22)20-10-12(3)4/h6-7,9,11-12,15H,8,10,19H2,1-5H3,(H,20,22)(H,21,23)/t15-/m0/s1. The molecule has 5 nitrogen and oxygen atoms in total. The first-order chi connectivity index (χ1) is 10.7. The number of hydrogen-bond donors (Lipinski definition) is 3. The second kappa shape index (κ2) is 8.67. The van der Waals surface area contributed by atoms with E-state index in [1.54, 1.807) is 18.2 Å². The van der Waals surface area contributed by atoms with E-state index in [-0.39, 0.29) is 11.8 Å². The van der Waals surface area contributed by atoms with Crippen LogP contribution < -0.4 is 16.4 Å². The van der Waals surface area contributed by atoms with Crippen molar-refractivity contribution in [3.63, 3.8) is 0 Å². The van der Waals surface area contributed by atoms with E-state index in [0.717, 1.165) is 5.56 Å². The maximum atomic E-state index is 12.1. The zero-order chi connectivity index (χ0) is 17.6. The van der Waals surface area contributed by atoms with Crippen molar-refractivity contribution >= 4 is 17.5 Å². The summed E-state index contributed by atoms with van der Waals surface area (Å²) in [5.74, 6) is 0.472. The molecule has 1 aromatic rings. The van der Waals surface area contributed by atoms with E-state index in [4.69, 9.17) is 5.73 Å². The molecule has 2 amide bonds. The lowest BCUT2D eigenvalue weighted by atomic mass is 10.0. The Balaban J connectivity index is 2.73. The highest BCUT2D eigenvalue weighted by atomic mass is 16.2. The van der Waals surface area contributed by atoms with Crippen LogP contribution in [-0.4, -0.2) is 24.4 Å². The van der Waals surface area contributed by atoms with Crippen LogP contribution in [0.3, 0.4) is 0 Å². The first-order valence-corrected chi connectivity index (χ1v) is 8.16. The summed E-state index contributed by atoms with van der Waals surface area (Å²) in [5.41, 5.74) is 8.01. The minimum absolute atomic E-state index is 0.101. The van der Waals surface area contributed by atoms with Crippen molar-refractivity contribution in [2.24, 2.45) is 17.6 Å². The van der Waals surface area contributed by atoms with Crippen LogP contribution in [0.4, 0.5) is 5.69 Å². The van der Waals surface area contributed by atoms with Crippen LogP contribution >= 0.6 is 0 Å². The van der Waals surface area contributed by atoms with Gasteiger partial charge in [0.15, 0.2) is 0 Å². The van der Waals surface area contributed by atoms with E-state index in [1.807, 2.05) is 34.6 Å². The van der Waals surface area contributed by atoms with Crippen LogP contribution in [0, 0.1) is 18.8 Å². The molecule has 0 aromatic heterocycles. The smallest absolute Gasteiger partial charge is 0.251 e. The van der Waals surface area contributed by atoms with Crippen molar-refractivity contribution in [3.8, 4) is 0 Å². The molecule has 1 rings (SSSR count). The molecule has 0 saturated carbocycles. The fourth-order valence-corrected chi connectivity index (χ4v) is 2.18. The normalized spacial score (nSPS) is 12.3. The van der Waals surface area contributed by atoms with Crippen molar-refractivity contribution in [2.45, 2.75) is 47.1 Å². The lowest BCUT2D eigenvalue weighted by molar-refractivity contribution is -0.117. The van der Waals surface area contributed by atoms with Gasteiger partial charge in [-0.25, -0.2) is 0 Å². The number of aryl methyl sites for hydroxylation is 1. The van der Waals surface area contributed by atoms with Crippen LogP contribution in [0.15, 0.2) is 18.2 Å². The Hall–Kier alpha value is -1.88. The number of rotatable bonds is 7. The van der Waals surface area contributed by atoms with Crippen molar-refractivity contribution in [3.05, 3.63) is 29.3 Å². The van der Waals surface area contributed by atoms with Gasteiger partial charge in [-0.3, -0.25) is 9.59 Å². The molecule has 1 aromatic carbocycles. The van der Waals surface area contributed by atoms with Gasteiger partial charge in [0.05, 0.1) is 6.04 Å². The van der Waals surface area contributed by atoms with Gasteiger partial charge in [-0.2, -0.15) is 0 Å². The first-order valence-electron chi connectivity index (χ1n) is 8.16. The quantitative estimate of drug-likeness (QED) is 0.722. The Kier molecular flexibility index (Phi) is 7.23. The topological polar surface area (TPSA) is 84.2 Å². The second-order valence-electron chi connectivity index (χ2n) is 6.86. The number of amides is 2. The number of nitrogens with one attached hydrogen (secondary N) is 2. The summed E-state index contributed by atoms with van der Waals surface area (Å²) in [6.45, 7) is 10.7. The summed E-state index contributed by atoms with van der Waals surface area (Å²) in [5, 5.41) is 5.72. The van der Waals surface area contributed by atoms with Gasteiger partial charge in [0, 0.05) is 17.8 Å². The Morgan fingerprint density at radius 1 is 1.13 bits per heavy atom. The van der Waals surface area contributed by atoms with E-state index in [0.29, 0.717) is 36.1 Å². The number of carbonyl (C=O) groups is 2. The van der Waals surface area contributed by atoms with Gasteiger partial charge in [-0.05, 0) is 48.9 Å². The molecule has 0 aliphatic heterocycles. The Morgan fingerprint density at radius 2 is 1.78 bits per heavy atom. The largest absolute Gasteiger partial charge is 0.352 e. The van der Waals surface area contributed by atoms with Gasteiger partial charge in [-0.1, -0.05) is 27.7 Å². The zero-order valence-electron chi connectivity index (χ0n) is 14.8. The van der Waals surface area contributed by atoms with E-state index >= 15 is 0 Å². The predicted octanol–water partition coefficient (Wildman–Crippen LogP) is 2.69. The molecular weight excluding hydrogens is 290 g/mol. The molecule has 23 heavy (non-hydrogen) atoms. The maximum Gasteiger partial charge on any atom is 0.251 e. The third-order valence-corrected chi connectivity index (χ3v) is 3.48. The summed E-state index contributed by atoms with van der Waals surface area (Å²) in [7, 11) is 0. The van der Waals surface area contributed by atoms with Crippen molar-refractivity contribution in [2.75, 3.05) is 11.9 Å². The molecule has 0 heterocycles. The van der Waals surface area contributed by atoms with Crippen LogP contribution in [0.1, 0.15) is 50.0 Å². The number of carbonyl (C=O) groups excluding carboxylic acids is 2. The Labute approximate surface area is 139 Å². The lowest BCUT2D eigenvalue weighted by Crippen LogP contribution is -2.36. The molecule has 0 aliphatic rings. The Bertz CT molecular complexity index is 553. The molecule has 128 valence electrons. The highest BCUT2D eigenvalue weighted by molar-refractivity contribution is 5.97. The highest BCUT2D eigenvalue weighted by Gasteiger charge is 2.16. The minimum Gasteiger partial charge on any atom is -0.352 e. The third kappa shape index (κ3) is 6.40. The van der Waals surface area contributed by atoms with Crippen LogP contribution in [0.25, 0.3) is 0 Å². The van der Waals surface area contributed by atoms with Crippen LogP contribution in [-0.2, 0) is 4.79 Å². The van der Waals surface area contributed by atoms with Gasteiger partial charge in [-0.15, -0.1) is 0 Å². The van der Waals surface area contributed by atoms with E-state index < -0.39 is 6.04 Å². The van der Waals surface area contributed by atoms with Gasteiger partial charge >= 0.3 is 0 Å². The molecule has 5 heteroatoms. The summed E-state index contributed by atoms with van der Waals surface area (Å²) in [6, 6.07) is 4.72. The van der Waals surface area contributed by atoms with Crippen molar-refractivity contribution in [1.82, 2.24) is 5.32 Å². The molecule has 0 fully saturated rings. The zero-order valence-corrected chi connectivity index (χ0v) is 14.8. The molecular formula is C18H29N3O2. The predicted molar refractivity (Wildman–Crippen MR) is 94.4 cm³/mol. The fourth-order valence-electron chi connectivity index (χ4n) is 2.18. The lowest BCUT2D eigenvalue weighted by Gasteiger charge is -2.16. The monoisotopic (exact) mass is 319 g/mol. The number of nitrogens with two attached hydrogens (primary N) is 1. The maximum absolute atomic E-state index is 12.1. The average Bonchev–Trinajstić information content (AvgIpc) is 2.45.